The third kappa shape index (κ3) is 4.48. The fraction of sp³-hybridized carbons (Fsp3) is 0.333. The van der Waals surface area contributed by atoms with Crippen molar-refractivity contribution < 1.29 is 0 Å². The van der Waals surface area contributed by atoms with Gasteiger partial charge in [0, 0.05) is 12.6 Å². The van der Waals surface area contributed by atoms with Gasteiger partial charge in [0.2, 0.25) is 0 Å². The van der Waals surface area contributed by atoms with Gasteiger partial charge in [0.15, 0.2) is 0 Å². The summed E-state index contributed by atoms with van der Waals surface area (Å²) in [6.45, 7) is 7.00. The predicted molar refractivity (Wildman–Crippen MR) is 89.8 cm³/mol. The van der Waals surface area contributed by atoms with Crippen LogP contribution in [0.2, 0.25) is 10.0 Å². The van der Waals surface area contributed by atoms with Crippen LogP contribution in [0.4, 0.5) is 17.3 Å². The topological polar surface area (TPSA) is 49.8 Å². The fourth-order valence-corrected chi connectivity index (χ4v) is 2.12. The largest absolute Gasteiger partial charge is 0.370 e. The average molecular weight is 325 g/mol. The van der Waals surface area contributed by atoms with Crippen molar-refractivity contribution in [1.29, 1.82) is 0 Å². The molecule has 0 saturated carbocycles. The molecule has 1 aromatic carbocycles. The van der Waals surface area contributed by atoms with Crippen LogP contribution in [0.5, 0.6) is 0 Å². The van der Waals surface area contributed by atoms with Gasteiger partial charge in [-0.15, -0.1) is 0 Å². The van der Waals surface area contributed by atoms with Gasteiger partial charge in [0.05, 0.1) is 15.7 Å². The van der Waals surface area contributed by atoms with E-state index < -0.39 is 0 Å². The summed E-state index contributed by atoms with van der Waals surface area (Å²) in [6.07, 6.45) is 0. The monoisotopic (exact) mass is 324 g/mol. The lowest BCUT2D eigenvalue weighted by molar-refractivity contribution is 0.686. The molecule has 112 valence electrons. The Kier molecular flexibility index (Phi) is 5.26. The van der Waals surface area contributed by atoms with Gasteiger partial charge in [-0.25, -0.2) is 9.97 Å². The number of rotatable bonds is 5. The molecule has 0 aliphatic rings. The van der Waals surface area contributed by atoms with Crippen molar-refractivity contribution in [3.8, 4) is 0 Å². The lowest BCUT2D eigenvalue weighted by atomic mass is 10.2. The Bertz CT molecular complexity index is 629. The van der Waals surface area contributed by atoms with E-state index in [2.05, 4.69) is 34.4 Å². The quantitative estimate of drug-likeness (QED) is 0.820. The minimum atomic E-state index is 0.479. The zero-order chi connectivity index (χ0) is 15.4. The van der Waals surface area contributed by atoms with E-state index in [9.17, 15) is 0 Å². The Morgan fingerprint density at radius 1 is 1.14 bits per heavy atom. The number of aryl methyl sites for hydroxylation is 1. The van der Waals surface area contributed by atoms with Gasteiger partial charge in [-0.1, -0.05) is 43.1 Å². The van der Waals surface area contributed by atoms with Gasteiger partial charge in [-0.05, 0) is 25.0 Å². The molecule has 6 heteroatoms. The highest BCUT2D eigenvalue weighted by Crippen LogP contribution is 2.31. The number of benzene rings is 1. The molecule has 4 nitrogen and oxygen atoms in total. The van der Waals surface area contributed by atoms with E-state index >= 15 is 0 Å². The summed E-state index contributed by atoms with van der Waals surface area (Å²) in [6, 6.07) is 7.29. The van der Waals surface area contributed by atoms with Crippen molar-refractivity contribution in [2.75, 3.05) is 17.2 Å². The summed E-state index contributed by atoms with van der Waals surface area (Å²) in [4.78, 5) is 8.73. The van der Waals surface area contributed by atoms with Crippen LogP contribution in [0.15, 0.2) is 24.3 Å². The van der Waals surface area contributed by atoms with Crippen molar-refractivity contribution in [2.24, 2.45) is 5.92 Å². The first-order valence-corrected chi connectivity index (χ1v) is 7.52. The van der Waals surface area contributed by atoms with Crippen LogP contribution in [-0.2, 0) is 0 Å². The van der Waals surface area contributed by atoms with Gasteiger partial charge in [-0.2, -0.15) is 0 Å². The number of hydrogen-bond acceptors (Lipinski definition) is 4. The lowest BCUT2D eigenvalue weighted by Crippen LogP contribution is -2.10. The number of anilines is 3. The molecular formula is C15H18Cl2N4. The van der Waals surface area contributed by atoms with Crippen LogP contribution >= 0.6 is 23.2 Å². The van der Waals surface area contributed by atoms with E-state index in [-0.39, 0.29) is 0 Å². The standard InChI is InChI=1S/C15H18Cl2N4/c1-9(2)8-18-13-7-14(20-10(3)19-13)21-12-6-4-5-11(16)15(12)17/h4-7,9H,8H2,1-3H3,(H2,18,19,20,21). The Hall–Kier alpha value is -1.52. The molecule has 1 aromatic heterocycles. The van der Waals surface area contributed by atoms with Gasteiger partial charge in [0.25, 0.3) is 0 Å². The SMILES string of the molecule is Cc1nc(NCC(C)C)cc(Nc2cccc(Cl)c2Cl)n1. The van der Waals surface area contributed by atoms with E-state index in [4.69, 9.17) is 23.2 Å². The Labute approximate surface area is 134 Å². The Morgan fingerprint density at radius 2 is 1.86 bits per heavy atom. The van der Waals surface area contributed by atoms with Crippen LogP contribution < -0.4 is 10.6 Å². The fourth-order valence-electron chi connectivity index (χ4n) is 1.77. The molecule has 2 aromatic rings. The minimum absolute atomic E-state index is 0.479. The van der Waals surface area contributed by atoms with Crippen molar-refractivity contribution in [1.82, 2.24) is 9.97 Å². The first kappa shape index (κ1) is 15.9. The number of aromatic nitrogens is 2. The van der Waals surface area contributed by atoms with Crippen LogP contribution in [0.25, 0.3) is 0 Å². The number of nitrogens with zero attached hydrogens (tertiary/aromatic N) is 2. The first-order valence-electron chi connectivity index (χ1n) is 6.76. The third-order valence-corrected chi connectivity index (χ3v) is 3.56. The second kappa shape index (κ2) is 6.96. The molecule has 0 radical (unpaired) electrons. The molecule has 0 unspecified atom stereocenters. The molecule has 1 heterocycles. The lowest BCUT2D eigenvalue weighted by Gasteiger charge is -2.12. The predicted octanol–water partition coefficient (Wildman–Crippen LogP) is 4.90. The zero-order valence-corrected chi connectivity index (χ0v) is 13.8. The minimum Gasteiger partial charge on any atom is -0.370 e. The Balaban J connectivity index is 2.21. The van der Waals surface area contributed by atoms with Crippen LogP contribution in [-0.4, -0.2) is 16.5 Å². The number of nitrogens with one attached hydrogen (secondary N) is 2. The zero-order valence-electron chi connectivity index (χ0n) is 12.2. The van der Waals surface area contributed by atoms with Crippen molar-refractivity contribution in [3.63, 3.8) is 0 Å². The highest BCUT2D eigenvalue weighted by atomic mass is 35.5. The molecule has 0 amide bonds. The van der Waals surface area contributed by atoms with E-state index in [1.807, 2.05) is 25.1 Å². The maximum Gasteiger partial charge on any atom is 0.136 e. The molecule has 0 saturated heterocycles. The smallest absolute Gasteiger partial charge is 0.136 e. The van der Waals surface area contributed by atoms with Crippen LogP contribution in [0.1, 0.15) is 19.7 Å². The van der Waals surface area contributed by atoms with E-state index in [1.165, 1.54) is 0 Å². The highest BCUT2D eigenvalue weighted by Gasteiger charge is 2.07. The summed E-state index contributed by atoms with van der Waals surface area (Å²) in [5.41, 5.74) is 0.720. The summed E-state index contributed by atoms with van der Waals surface area (Å²) < 4.78 is 0. The second-order valence-corrected chi connectivity index (χ2v) is 5.97. The highest BCUT2D eigenvalue weighted by molar-refractivity contribution is 6.43. The molecule has 21 heavy (non-hydrogen) atoms. The molecule has 0 spiro atoms. The number of hydrogen-bond donors (Lipinski definition) is 2. The summed E-state index contributed by atoms with van der Waals surface area (Å²) >= 11 is 12.2. The van der Waals surface area contributed by atoms with E-state index in [0.717, 1.165) is 18.1 Å². The third-order valence-electron chi connectivity index (χ3n) is 2.74. The molecule has 0 atom stereocenters. The van der Waals surface area contributed by atoms with Crippen molar-refractivity contribution >= 4 is 40.5 Å². The molecule has 2 N–H and O–H groups in total. The van der Waals surface area contributed by atoms with E-state index in [1.54, 1.807) is 6.07 Å². The maximum absolute atomic E-state index is 6.17. The van der Waals surface area contributed by atoms with E-state index in [0.29, 0.717) is 27.6 Å². The van der Waals surface area contributed by atoms with Crippen molar-refractivity contribution in [3.05, 3.63) is 40.1 Å². The number of halogens is 2. The van der Waals surface area contributed by atoms with Crippen molar-refractivity contribution in [2.45, 2.75) is 20.8 Å². The normalized spacial score (nSPS) is 10.8. The summed E-state index contributed by atoms with van der Waals surface area (Å²) in [5, 5.41) is 7.45. The summed E-state index contributed by atoms with van der Waals surface area (Å²) in [7, 11) is 0. The molecule has 0 bridgehead atoms. The summed E-state index contributed by atoms with van der Waals surface area (Å²) in [5.74, 6) is 2.69. The second-order valence-electron chi connectivity index (χ2n) is 5.19. The van der Waals surface area contributed by atoms with Gasteiger partial charge in [-0.3, -0.25) is 0 Å². The maximum atomic E-state index is 6.17. The molecular weight excluding hydrogens is 307 g/mol. The molecule has 2 rings (SSSR count). The van der Waals surface area contributed by atoms with Crippen LogP contribution in [0, 0.1) is 12.8 Å². The average Bonchev–Trinajstić information content (AvgIpc) is 2.41. The Morgan fingerprint density at radius 3 is 2.57 bits per heavy atom. The van der Waals surface area contributed by atoms with Crippen LogP contribution in [0.3, 0.4) is 0 Å². The molecule has 0 fully saturated rings. The van der Waals surface area contributed by atoms with Gasteiger partial charge < -0.3 is 10.6 Å². The molecule has 0 aliphatic heterocycles. The van der Waals surface area contributed by atoms with Gasteiger partial charge >= 0.3 is 0 Å². The molecule has 0 aliphatic carbocycles. The first-order chi connectivity index (χ1) is 9.95. The van der Waals surface area contributed by atoms with Gasteiger partial charge in [0.1, 0.15) is 17.5 Å².